The summed E-state index contributed by atoms with van der Waals surface area (Å²) in [6.45, 7) is 3.56. The molecule has 0 radical (unpaired) electrons. The fraction of sp³-hybridized carbons (Fsp3) is 0.571. The van der Waals surface area contributed by atoms with E-state index in [1.54, 1.807) is 17.8 Å². The number of esters is 1. The third kappa shape index (κ3) is 4.64. The van der Waals surface area contributed by atoms with Crippen LogP contribution in [0.3, 0.4) is 0 Å². The predicted octanol–water partition coefficient (Wildman–Crippen LogP) is 1.19. The van der Waals surface area contributed by atoms with Gasteiger partial charge in [-0.2, -0.15) is 11.8 Å². The Morgan fingerprint density at radius 2 is 2.58 bits per heavy atom. The summed E-state index contributed by atoms with van der Waals surface area (Å²) in [5.74, 6) is 1.04. The molecular formula is C7H12ClNO2S. The molecule has 1 N–H and O–H groups in total. The third-order valence-corrected chi connectivity index (χ3v) is 2.44. The molecule has 0 aromatic heterocycles. The number of halogens is 1. The van der Waals surface area contributed by atoms with Crippen molar-refractivity contribution in [2.24, 2.45) is 0 Å². The second kappa shape index (κ2) is 7.46. The molecule has 0 saturated carbocycles. The topological polar surface area (TPSA) is 38.3 Å². The van der Waals surface area contributed by atoms with Crippen molar-refractivity contribution in [3.05, 3.63) is 12.7 Å². The van der Waals surface area contributed by atoms with Crippen molar-refractivity contribution in [2.45, 2.75) is 6.04 Å². The number of thioether (sulfide) groups is 1. The molecule has 0 saturated heterocycles. The number of hydrogen-bond donors (Lipinski definition) is 1. The van der Waals surface area contributed by atoms with Crippen LogP contribution in [0.2, 0.25) is 0 Å². The number of nitrogens with one attached hydrogen (secondary N) is 1. The molecule has 0 unspecified atom stereocenters. The molecule has 0 aromatic carbocycles. The van der Waals surface area contributed by atoms with Crippen LogP contribution >= 0.6 is 23.5 Å². The van der Waals surface area contributed by atoms with E-state index in [0.717, 1.165) is 5.75 Å². The monoisotopic (exact) mass is 209 g/mol. The molecule has 0 aliphatic heterocycles. The number of carbonyl (C=O) groups excluding carboxylic acids is 1. The van der Waals surface area contributed by atoms with Crippen molar-refractivity contribution < 1.29 is 9.53 Å². The van der Waals surface area contributed by atoms with Crippen molar-refractivity contribution >= 4 is 29.5 Å². The second-order valence-corrected chi connectivity index (χ2v) is 3.30. The summed E-state index contributed by atoms with van der Waals surface area (Å²) >= 11 is 6.89. The Morgan fingerprint density at radius 3 is 3.00 bits per heavy atom. The van der Waals surface area contributed by atoms with Gasteiger partial charge in [-0.25, -0.2) is 4.84 Å². The summed E-state index contributed by atoms with van der Waals surface area (Å²) in [6, 6.07) is -0.443. The van der Waals surface area contributed by atoms with Gasteiger partial charge in [-0.1, -0.05) is 6.08 Å². The van der Waals surface area contributed by atoms with Crippen LogP contribution in [-0.2, 0) is 9.53 Å². The molecule has 0 aromatic rings. The zero-order chi connectivity index (χ0) is 9.40. The maximum Gasteiger partial charge on any atom is 0.324 e. The first-order chi connectivity index (χ1) is 5.76. The normalized spacial score (nSPS) is 12.2. The van der Waals surface area contributed by atoms with Gasteiger partial charge in [-0.05, 0) is 11.8 Å². The van der Waals surface area contributed by atoms with Gasteiger partial charge in [0.25, 0.3) is 0 Å². The number of ether oxygens (including phenoxy) is 1. The number of methoxy groups -OCH3 is 1. The molecule has 0 rings (SSSR count). The lowest BCUT2D eigenvalue weighted by Crippen LogP contribution is -2.34. The molecule has 0 aliphatic rings. The van der Waals surface area contributed by atoms with E-state index in [-0.39, 0.29) is 5.97 Å². The van der Waals surface area contributed by atoms with E-state index >= 15 is 0 Å². The minimum Gasteiger partial charge on any atom is -0.468 e. The van der Waals surface area contributed by atoms with Crippen LogP contribution in [0.5, 0.6) is 0 Å². The average molecular weight is 210 g/mol. The minimum atomic E-state index is -0.443. The Morgan fingerprint density at radius 1 is 1.92 bits per heavy atom. The van der Waals surface area contributed by atoms with Gasteiger partial charge in [-0.3, -0.25) is 4.79 Å². The van der Waals surface area contributed by atoms with E-state index in [1.807, 2.05) is 0 Å². The van der Waals surface area contributed by atoms with Crippen LogP contribution in [0.4, 0.5) is 0 Å². The SMILES string of the molecule is C=CCSC[C@H](NCl)C(=O)OC. The highest BCUT2D eigenvalue weighted by Gasteiger charge is 2.16. The van der Waals surface area contributed by atoms with E-state index in [4.69, 9.17) is 11.8 Å². The summed E-state index contributed by atoms with van der Waals surface area (Å²) < 4.78 is 4.51. The summed E-state index contributed by atoms with van der Waals surface area (Å²) in [7, 11) is 1.34. The lowest BCUT2D eigenvalue weighted by molar-refractivity contribution is -0.141. The van der Waals surface area contributed by atoms with Crippen molar-refractivity contribution in [3.63, 3.8) is 0 Å². The first-order valence-corrected chi connectivity index (χ1v) is 4.92. The Kier molecular flexibility index (Phi) is 7.34. The third-order valence-electron chi connectivity index (χ3n) is 1.14. The van der Waals surface area contributed by atoms with Gasteiger partial charge in [0.15, 0.2) is 0 Å². The van der Waals surface area contributed by atoms with Crippen molar-refractivity contribution in [1.82, 2.24) is 4.84 Å². The average Bonchev–Trinajstić information content (AvgIpc) is 2.11. The van der Waals surface area contributed by atoms with Crippen LogP contribution in [0.25, 0.3) is 0 Å². The molecule has 12 heavy (non-hydrogen) atoms. The molecule has 0 bridgehead atoms. The Balaban J connectivity index is 3.66. The van der Waals surface area contributed by atoms with Crippen LogP contribution in [0.15, 0.2) is 12.7 Å². The van der Waals surface area contributed by atoms with Gasteiger partial charge in [0.05, 0.1) is 7.11 Å². The molecule has 0 amide bonds. The smallest absolute Gasteiger partial charge is 0.324 e. The van der Waals surface area contributed by atoms with E-state index in [0.29, 0.717) is 5.75 Å². The highest BCUT2D eigenvalue weighted by molar-refractivity contribution is 7.99. The van der Waals surface area contributed by atoms with Gasteiger partial charge >= 0.3 is 5.97 Å². The van der Waals surface area contributed by atoms with Crippen molar-refractivity contribution in [1.29, 1.82) is 0 Å². The lowest BCUT2D eigenvalue weighted by Gasteiger charge is -2.10. The molecular weight excluding hydrogens is 198 g/mol. The van der Waals surface area contributed by atoms with E-state index in [2.05, 4.69) is 16.2 Å². The summed E-state index contributed by atoms with van der Waals surface area (Å²) in [5.41, 5.74) is 0. The van der Waals surface area contributed by atoms with Gasteiger partial charge in [0.2, 0.25) is 0 Å². The van der Waals surface area contributed by atoms with Crippen molar-refractivity contribution in [3.8, 4) is 0 Å². The molecule has 0 spiro atoms. The second-order valence-electron chi connectivity index (χ2n) is 2.01. The highest BCUT2D eigenvalue weighted by Crippen LogP contribution is 2.04. The predicted molar refractivity (Wildman–Crippen MR) is 52.3 cm³/mol. The van der Waals surface area contributed by atoms with Gasteiger partial charge in [-0.15, -0.1) is 6.58 Å². The Hall–Kier alpha value is -0.190. The zero-order valence-corrected chi connectivity index (χ0v) is 8.45. The number of carbonyl (C=O) groups is 1. The van der Waals surface area contributed by atoms with Crippen LogP contribution in [0, 0.1) is 0 Å². The molecule has 0 heterocycles. The summed E-state index contributed by atoms with van der Waals surface area (Å²) in [5, 5.41) is 0. The lowest BCUT2D eigenvalue weighted by atomic mass is 10.4. The Bertz CT molecular complexity index is 154. The molecule has 0 fully saturated rings. The van der Waals surface area contributed by atoms with Crippen LogP contribution < -0.4 is 4.84 Å². The Labute approximate surface area is 81.6 Å². The molecule has 3 nitrogen and oxygen atoms in total. The largest absolute Gasteiger partial charge is 0.468 e. The quantitative estimate of drug-likeness (QED) is 0.309. The molecule has 5 heteroatoms. The highest BCUT2D eigenvalue weighted by atomic mass is 35.5. The standard InChI is InChI=1S/C7H12ClNO2S/c1-3-4-12-5-6(9-8)7(10)11-2/h3,6,9H,1,4-5H2,2H3/t6-/m0/s1. The van der Waals surface area contributed by atoms with E-state index < -0.39 is 6.04 Å². The van der Waals surface area contributed by atoms with E-state index in [1.165, 1.54) is 7.11 Å². The first kappa shape index (κ1) is 11.8. The fourth-order valence-corrected chi connectivity index (χ4v) is 1.57. The van der Waals surface area contributed by atoms with Gasteiger partial charge in [0, 0.05) is 11.5 Å². The number of rotatable bonds is 6. The van der Waals surface area contributed by atoms with Crippen LogP contribution in [0.1, 0.15) is 0 Å². The zero-order valence-electron chi connectivity index (χ0n) is 6.88. The van der Waals surface area contributed by atoms with Crippen LogP contribution in [-0.4, -0.2) is 30.6 Å². The molecule has 70 valence electrons. The van der Waals surface area contributed by atoms with Gasteiger partial charge < -0.3 is 4.74 Å². The van der Waals surface area contributed by atoms with Crippen molar-refractivity contribution in [2.75, 3.05) is 18.6 Å². The fourth-order valence-electron chi connectivity index (χ4n) is 0.556. The maximum atomic E-state index is 10.9. The summed E-state index contributed by atoms with van der Waals surface area (Å²) in [4.78, 5) is 13.3. The molecule has 1 atom stereocenters. The van der Waals surface area contributed by atoms with E-state index in [9.17, 15) is 4.79 Å². The number of hydrogen-bond acceptors (Lipinski definition) is 4. The first-order valence-electron chi connectivity index (χ1n) is 3.38. The minimum absolute atomic E-state index is 0.346. The maximum absolute atomic E-state index is 10.9. The molecule has 0 aliphatic carbocycles. The van der Waals surface area contributed by atoms with Gasteiger partial charge in [0.1, 0.15) is 6.04 Å². The summed E-state index contributed by atoms with van der Waals surface area (Å²) in [6.07, 6.45) is 1.77.